The Morgan fingerprint density at radius 2 is 1.68 bits per heavy atom. The molecule has 0 aromatic heterocycles. The van der Waals surface area contributed by atoms with Gasteiger partial charge in [0.15, 0.2) is 6.10 Å². The molecule has 1 aliphatic rings. The van der Waals surface area contributed by atoms with Crippen LogP contribution in [-0.2, 0) is 23.7 Å². The summed E-state index contributed by atoms with van der Waals surface area (Å²) < 4.78 is 25.4. The fourth-order valence-electron chi connectivity index (χ4n) is 1.84. The highest BCUT2D eigenvalue weighted by atomic mass is 16.7. The van der Waals surface area contributed by atoms with Gasteiger partial charge in [0.1, 0.15) is 18.8 Å². The Kier molecular flexibility index (Phi) is 8.29. The third-order valence-electron chi connectivity index (χ3n) is 2.87. The van der Waals surface area contributed by atoms with Gasteiger partial charge in [-0.2, -0.15) is 0 Å². The first-order chi connectivity index (χ1) is 11.7. The largest absolute Gasteiger partial charge is 0.508 e. The fourth-order valence-corrected chi connectivity index (χ4v) is 1.84. The highest BCUT2D eigenvalue weighted by Crippen LogP contribution is 2.18. The van der Waals surface area contributed by atoms with Crippen LogP contribution in [0.5, 0.6) is 0 Å². The van der Waals surface area contributed by atoms with Crippen LogP contribution in [0.4, 0.5) is 9.59 Å². The summed E-state index contributed by atoms with van der Waals surface area (Å²) in [4.78, 5) is 22.9. The monoisotopic (exact) mass is 354 g/mol. The van der Waals surface area contributed by atoms with Crippen molar-refractivity contribution in [3.63, 3.8) is 0 Å². The van der Waals surface area contributed by atoms with Crippen molar-refractivity contribution in [1.29, 1.82) is 0 Å². The lowest BCUT2D eigenvalue weighted by atomic mass is 9.97. The molecule has 1 heterocycles. The molecule has 0 radical (unpaired) electrons. The van der Waals surface area contributed by atoms with Crippen molar-refractivity contribution in [3.8, 4) is 11.8 Å². The lowest BCUT2D eigenvalue weighted by Gasteiger charge is -2.29. The molecule has 0 N–H and O–H groups in total. The number of carbonyl (C=O) groups excluding carboxylic acids is 2. The van der Waals surface area contributed by atoms with Crippen molar-refractivity contribution in [2.45, 2.75) is 52.9 Å². The van der Waals surface area contributed by atoms with E-state index in [0.29, 0.717) is 0 Å². The number of hydrogen-bond acceptors (Lipinski definition) is 7. The Bertz CT molecular complexity index is 536. The SMILES string of the molecule is CCOC(=O)OC[C@H]1O[C@H](C#CC(C)(C)C)C=C[C@@H]1OC(=O)OCC. The van der Waals surface area contributed by atoms with Crippen LogP contribution in [0.1, 0.15) is 34.6 Å². The highest BCUT2D eigenvalue weighted by molar-refractivity contribution is 5.61. The maximum absolute atomic E-state index is 11.5. The maximum atomic E-state index is 11.5. The van der Waals surface area contributed by atoms with E-state index in [4.69, 9.17) is 23.7 Å². The van der Waals surface area contributed by atoms with Gasteiger partial charge in [-0.1, -0.05) is 11.8 Å². The summed E-state index contributed by atoms with van der Waals surface area (Å²) in [5, 5.41) is 0. The van der Waals surface area contributed by atoms with Gasteiger partial charge in [-0.05, 0) is 46.8 Å². The van der Waals surface area contributed by atoms with Crippen molar-refractivity contribution in [1.82, 2.24) is 0 Å². The molecule has 0 saturated carbocycles. The second kappa shape index (κ2) is 9.94. The molecule has 1 rings (SSSR count). The predicted octanol–water partition coefficient (Wildman–Crippen LogP) is 3.07. The molecule has 0 aromatic carbocycles. The first-order valence-corrected chi connectivity index (χ1v) is 8.24. The van der Waals surface area contributed by atoms with Crippen LogP contribution in [0.3, 0.4) is 0 Å². The summed E-state index contributed by atoms with van der Waals surface area (Å²) in [5.41, 5.74) is -0.174. The second-order valence-electron chi connectivity index (χ2n) is 6.26. The van der Waals surface area contributed by atoms with Gasteiger partial charge >= 0.3 is 12.3 Å². The van der Waals surface area contributed by atoms with E-state index in [1.165, 1.54) is 0 Å². The average Bonchev–Trinajstić information content (AvgIpc) is 2.52. The Morgan fingerprint density at radius 3 is 2.28 bits per heavy atom. The third kappa shape index (κ3) is 8.45. The zero-order valence-electron chi connectivity index (χ0n) is 15.4. The second-order valence-corrected chi connectivity index (χ2v) is 6.26. The van der Waals surface area contributed by atoms with Gasteiger partial charge in [0.05, 0.1) is 13.2 Å². The van der Waals surface area contributed by atoms with Crippen LogP contribution >= 0.6 is 0 Å². The first kappa shape index (κ1) is 20.8. The summed E-state index contributed by atoms with van der Waals surface area (Å²) in [6.45, 7) is 9.56. The van der Waals surface area contributed by atoms with E-state index in [1.807, 2.05) is 20.8 Å². The van der Waals surface area contributed by atoms with Gasteiger partial charge in [0, 0.05) is 5.41 Å². The molecule has 140 valence electrons. The van der Waals surface area contributed by atoms with Gasteiger partial charge in [0.25, 0.3) is 0 Å². The number of rotatable bonds is 5. The average molecular weight is 354 g/mol. The quantitative estimate of drug-likeness (QED) is 0.426. The molecule has 0 aromatic rings. The molecule has 3 atom stereocenters. The molecule has 0 unspecified atom stereocenters. The standard InChI is InChI=1S/C18H26O7/c1-6-21-16(19)23-12-15-14(25-17(20)22-7-2)9-8-13(24-15)10-11-18(3,4)5/h8-9,13-15H,6-7,12H2,1-5H3/t13-,14-,15+/m0/s1. The molecular weight excluding hydrogens is 328 g/mol. The van der Waals surface area contributed by atoms with Gasteiger partial charge < -0.3 is 23.7 Å². The molecular formula is C18H26O7. The van der Waals surface area contributed by atoms with Gasteiger partial charge in [-0.15, -0.1) is 0 Å². The van der Waals surface area contributed by atoms with Crippen molar-refractivity contribution >= 4 is 12.3 Å². The molecule has 25 heavy (non-hydrogen) atoms. The predicted molar refractivity (Wildman–Crippen MR) is 89.9 cm³/mol. The first-order valence-electron chi connectivity index (χ1n) is 8.24. The molecule has 0 spiro atoms. The summed E-state index contributed by atoms with van der Waals surface area (Å²) in [6, 6.07) is 0. The topological polar surface area (TPSA) is 80.3 Å². The molecule has 7 nitrogen and oxygen atoms in total. The molecule has 0 fully saturated rings. The maximum Gasteiger partial charge on any atom is 0.508 e. The zero-order valence-corrected chi connectivity index (χ0v) is 15.4. The Balaban J connectivity index is 2.78. The lowest BCUT2D eigenvalue weighted by molar-refractivity contribution is -0.0865. The van der Waals surface area contributed by atoms with Gasteiger partial charge in [-0.3, -0.25) is 0 Å². The van der Waals surface area contributed by atoms with Crippen molar-refractivity contribution in [2.24, 2.45) is 5.41 Å². The minimum atomic E-state index is -0.818. The molecule has 0 saturated heterocycles. The number of hydrogen-bond donors (Lipinski definition) is 0. The Morgan fingerprint density at radius 1 is 1.04 bits per heavy atom. The zero-order chi connectivity index (χ0) is 18.9. The van der Waals surface area contributed by atoms with Crippen molar-refractivity contribution in [3.05, 3.63) is 12.2 Å². The Hall–Kier alpha value is -2.20. The smallest absolute Gasteiger partial charge is 0.435 e. The van der Waals surface area contributed by atoms with E-state index >= 15 is 0 Å². The van der Waals surface area contributed by atoms with Crippen LogP contribution in [0.2, 0.25) is 0 Å². The third-order valence-corrected chi connectivity index (χ3v) is 2.87. The minimum absolute atomic E-state index is 0.138. The van der Waals surface area contributed by atoms with Crippen LogP contribution in [0.25, 0.3) is 0 Å². The number of carbonyl (C=O) groups is 2. The van der Waals surface area contributed by atoms with Crippen LogP contribution in [-0.4, -0.2) is 50.4 Å². The van der Waals surface area contributed by atoms with E-state index in [-0.39, 0.29) is 25.2 Å². The van der Waals surface area contributed by atoms with E-state index in [2.05, 4.69) is 11.8 Å². The van der Waals surface area contributed by atoms with E-state index < -0.39 is 30.6 Å². The summed E-state index contributed by atoms with van der Waals surface area (Å²) in [7, 11) is 0. The van der Waals surface area contributed by atoms with E-state index in [0.717, 1.165) is 0 Å². The van der Waals surface area contributed by atoms with Crippen LogP contribution < -0.4 is 0 Å². The van der Waals surface area contributed by atoms with Gasteiger partial charge in [-0.25, -0.2) is 9.59 Å². The highest BCUT2D eigenvalue weighted by Gasteiger charge is 2.31. The van der Waals surface area contributed by atoms with Crippen LogP contribution in [0.15, 0.2) is 12.2 Å². The summed E-state index contributed by atoms with van der Waals surface area (Å²) in [5.74, 6) is 6.08. The van der Waals surface area contributed by atoms with Crippen molar-refractivity contribution < 1.29 is 33.3 Å². The van der Waals surface area contributed by atoms with Crippen molar-refractivity contribution in [2.75, 3.05) is 19.8 Å². The molecule has 1 aliphatic heterocycles. The Labute approximate surface area is 148 Å². The molecule has 0 amide bonds. The van der Waals surface area contributed by atoms with E-state index in [9.17, 15) is 9.59 Å². The molecule has 0 bridgehead atoms. The minimum Gasteiger partial charge on any atom is -0.435 e. The van der Waals surface area contributed by atoms with E-state index in [1.54, 1.807) is 26.0 Å². The fraction of sp³-hybridized carbons (Fsp3) is 0.667. The number of ether oxygens (including phenoxy) is 5. The lowest BCUT2D eigenvalue weighted by Crippen LogP contribution is -2.41. The molecule has 0 aliphatic carbocycles. The van der Waals surface area contributed by atoms with Gasteiger partial charge in [0.2, 0.25) is 0 Å². The van der Waals surface area contributed by atoms with Crippen LogP contribution in [0, 0.1) is 17.3 Å². The summed E-state index contributed by atoms with van der Waals surface area (Å²) >= 11 is 0. The molecule has 7 heteroatoms. The summed E-state index contributed by atoms with van der Waals surface area (Å²) in [6.07, 6.45) is -0.226. The normalized spacial score (nSPS) is 22.4.